The molecule has 3 aliphatic rings. The van der Waals surface area contributed by atoms with E-state index in [1.165, 1.54) is 13.8 Å². The lowest BCUT2D eigenvalue weighted by molar-refractivity contribution is -0.324. The van der Waals surface area contributed by atoms with Gasteiger partial charge in [0.2, 0.25) is 0 Å². The number of carbonyl (C=O) groups excluding carboxylic acids is 4. The lowest BCUT2D eigenvalue weighted by Crippen LogP contribution is -2.64. The third kappa shape index (κ3) is 12.7. The molecule has 0 amide bonds. The molecule has 5 rings (SSSR count). The third-order valence-electron chi connectivity index (χ3n) is 11.0. The minimum Gasteiger partial charge on any atom is -0.463 e. The lowest BCUT2D eigenvalue weighted by atomic mass is 9.98. The summed E-state index contributed by atoms with van der Waals surface area (Å²) < 4.78 is 60.5. The molecule has 18 heteroatoms. The van der Waals surface area contributed by atoms with Crippen LogP contribution in [0.2, 0.25) is 18.1 Å². The summed E-state index contributed by atoms with van der Waals surface area (Å²) >= 11 is 4.01. The van der Waals surface area contributed by atoms with Gasteiger partial charge in [0.1, 0.15) is 47.7 Å². The summed E-state index contributed by atoms with van der Waals surface area (Å²) in [6.45, 7) is 14.6. The molecule has 3 fully saturated rings. The molecule has 0 bridgehead atoms. The highest BCUT2D eigenvalue weighted by Gasteiger charge is 2.55. The van der Waals surface area contributed by atoms with Gasteiger partial charge in [0, 0.05) is 20.3 Å². The van der Waals surface area contributed by atoms with Gasteiger partial charge in [-0.15, -0.1) is 0 Å². The van der Waals surface area contributed by atoms with Crippen LogP contribution < -0.4 is 0 Å². The van der Waals surface area contributed by atoms with E-state index in [1.54, 1.807) is 60.7 Å². The minimum atomic E-state index is -2.13. The van der Waals surface area contributed by atoms with Crippen LogP contribution in [0.4, 0.5) is 0 Å². The second-order valence-electron chi connectivity index (χ2n) is 16.5. The van der Waals surface area contributed by atoms with Crippen molar-refractivity contribution in [3.63, 3.8) is 0 Å². The van der Waals surface area contributed by atoms with Gasteiger partial charge in [0.05, 0.1) is 27.3 Å². The number of carbonyl (C=O) groups is 4. The monoisotopic (exact) mass is 1080 g/mol. The zero-order valence-electron chi connectivity index (χ0n) is 35.0. The Balaban J connectivity index is 1.48. The summed E-state index contributed by atoms with van der Waals surface area (Å²) in [5.74, 6) is -2.56. The van der Waals surface area contributed by atoms with Gasteiger partial charge in [-0.3, -0.25) is 9.59 Å². The maximum Gasteiger partial charge on any atom is 0.338 e. The van der Waals surface area contributed by atoms with Gasteiger partial charge in [-0.2, -0.15) is 0 Å². The first-order valence-electron chi connectivity index (χ1n) is 20.0. The number of rotatable bonds is 14. The molecule has 3 saturated heterocycles. The number of halogens is 2. The molecule has 13 atom stereocenters. The van der Waals surface area contributed by atoms with E-state index in [0.717, 1.165) is 0 Å². The van der Waals surface area contributed by atoms with E-state index in [0.29, 0.717) is 12.8 Å². The number of esters is 4. The first-order chi connectivity index (χ1) is 28.2. The summed E-state index contributed by atoms with van der Waals surface area (Å²) in [6.07, 6.45) is -9.61. The van der Waals surface area contributed by atoms with Gasteiger partial charge in [0.25, 0.3) is 0 Å². The van der Waals surface area contributed by atoms with Crippen LogP contribution in [0.25, 0.3) is 0 Å². The van der Waals surface area contributed by atoms with Crippen molar-refractivity contribution in [2.75, 3.05) is 13.2 Å². The first-order valence-corrected chi connectivity index (χ1v) is 25.4. The average molecular weight is 1080 g/mol. The third-order valence-corrected chi connectivity index (χ3v) is 18.1. The Morgan fingerprint density at radius 2 is 1.23 bits per heavy atom. The van der Waals surface area contributed by atoms with E-state index in [2.05, 4.69) is 56.5 Å². The van der Waals surface area contributed by atoms with E-state index in [4.69, 9.17) is 47.1 Å². The van der Waals surface area contributed by atoms with E-state index in [9.17, 15) is 24.3 Å². The largest absolute Gasteiger partial charge is 0.463 e. The number of ether oxygens (including phenoxy) is 9. The van der Waals surface area contributed by atoms with Crippen molar-refractivity contribution in [2.24, 2.45) is 0 Å². The van der Waals surface area contributed by atoms with Gasteiger partial charge >= 0.3 is 23.9 Å². The Bertz CT molecular complexity index is 1750. The van der Waals surface area contributed by atoms with Crippen molar-refractivity contribution < 1.29 is 71.3 Å². The van der Waals surface area contributed by atoms with Crippen LogP contribution >= 0.6 is 45.2 Å². The SMILES string of the molecule is CC(=O)OC[C@H]1O[C@@H](O)[C@H](I)[C@@H](OC(=O)c2ccccc2)[C@@H]1O[C@@H]1O[C@H](COC(C)=O)[C@@H](OC(=O)c2ccccc2)[C@H](O[C@H]2CC[C@H](O[Si](C)(C)C(C)(C)C)[C@H](C)O2)[C@H]1I. The van der Waals surface area contributed by atoms with Crippen LogP contribution in [0.1, 0.15) is 75.1 Å². The fraction of sp³-hybridized carbons (Fsp3) is 0.619. The van der Waals surface area contributed by atoms with Gasteiger partial charge < -0.3 is 52.2 Å². The maximum atomic E-state index is 13.7. The minimum absolute atomic E-state index is 0.00666. The fourth-order valence-corrected chi connectivity index (χ4v) is 9.79. The molecule has 0 radical (unpaired) electrons. The van der Waals surface area contributed by atoms with Crippen LogP contribution in [-0.4, -0.2) is 126 Å². The predicted octanol–water partition coefficient (Wildman–Crippen LogP) is 6.30. The maximum absolute atomic E-state index is 13.7. The van der Waals surface area contributed by atoms with Crippen molar-refractivity contribution in [1.29, 1.82) is 0 Å². The molecule has 0 aliphatic carbocycles. The van der Waals surface area contributed by atoms with Gasteiger partial charge in [-0.1, -0.05) is 102 Å². The highest BCUT2D eigenvalue weighted by atomic mass is 127. The molecule has 2 aromatic carbocycles. The van der Waals surface area contributed by atoms with Crippen molar-refractivity contribution in [1.82, 2.24) is 0 Å². The number of hydrogen-bond acceptors (Lipinski definition) is 15. The second kappa shape index (κ2) is 21.4. The number of hydrogen-bond donors (Lipinski definition) is 1. The number of aliphatic hydroxyl groups is 1. The molecular weight excluding hydrogens is 1030 g/mol. The van der Waals surface area contributed by atoms with Crippen LogP contribution in [0.5, 0.6) is 0 Å². The lowest BCUT2D eigenvalue weighted by Gasteiger charge is -2.49. The van der Waals surface area contributed by atoms with E-state index in [1.807, 2.05) is 29.5 Å². The highest BCUT2D eigenvalue weighted by molar-refractivity contribution is 14.1. The summed E-state index contributed by atoms with van der Waals surface area (Å²) in [7, 11) is -2.13. The Morgan fingerprint density at radius 3 is 1.73 bits per heavy atom. The molecule has 0 saturated carbocycles. The molecule has 3 heterocycles. The molecule has 0 spiro atoms. The van der Waals surface area contributed by atoms with Crippen molar-refractivity contribution >= 4 is 77.4 Å². The average Bonchev–Trinajstić information content (AvgIpc) is 3.19. The number of aliphatic hydroxyl groups excluding tert-OH is 1. The molecule has 332 valence electrons. The topological polar surface area (TPSA) is 181 Å². The molecule has 0 unspecified atom stereocenters. The summed E-state index contributed by atoms with van der Waals surface area (Å²) in [6, 6.07) is 16.7. The van der Waals surface area contributed by atoms with E-state index < -0.39 is 95.5 Å². The molecule has 15 nitrogen and oxygen atoms in total. The molecule has 0 aromatic heterocycles. The molecular formula is C42H56I2O15Si. The summed E-state index contributed by atoms with van der Waals surface area (Å²) in [5, 5.41) is 11.0. The van der Waals surface area contributed by atoms with Crippen molar-refractivity contribution in [3.8, 4) is 0 Å². The zero-order chi connectivity index (χ0) is 43.9. The van der Waals surface area contributed by atoms with E-state index in [-0.39, 0.29) is 41.6 Å². The normalized spacial score (nSPS) is 32.4. The van der Waals surface area contributed by atoms with Crippen LogP contribution in [0.15, 0.2) is 60.7 Å². The standard InChI is InChI=1S/C42H56I2O15Si/c1-23-28(59-60(7,8)42(4,5)6)19-20-31(52-23)55-37-33(44)41(54-30(22-51-25(3)46)34(37)56-38(47)26-15-11-9-12-16-26)58-35-29(21-50-24(2)45)53-40(49)32(43)36(35)57-39(48)27-17-13-10-14-18-27/h9-18,23,28-37,40-41,49H,19-22H2,1-8H3/t23-,28-,29+,30+,31-,32+,33+,34+,35+,36+,37+,40+,41-/m0/s1. The Hall–Kier alpha value is -2.28. The second-order valence-corrected chi connectivity index (χ2v) is 24.2. The smallest absolute Gasteiger partial charge is 0.338 e. The molecule has 2 aromatic rings. The van der Waals surface area contributed by atoms with Crippen LogP contribution in [0.3, 0.4) is 0 Å². The Kier molecular flexibility index (Phi) is 17.4. The molecule has 1 N–H and O–H groups in total. The molecule has 60 heavy (non-hydrogen) atoms. The van der Waals surface area contributed by atoms with Crippen molar-refractivity contribution in [2.45, 2.75) is 148 Å². The van der Waals surface area contributed by atoms with Crippen LogP contribution in [-0.2, 0) is 56.6 Å². The van der Waals surface area contributed by atoms with Gasteiger partial charge in [-0.05, 0) is 55.7 Å². The Morgan fingerprint density at radius 1 is 0.717 bits per heavy atom. The highest BCUT2D eigenvalue weighted by Crippen LogP contribution is 2.41. The van der Waals surface area contributed by atoms with Gasteiger partial charge in [-0.25, -0.2) is 9.59 Å². The van der Waals surface area contributed by atoms with E-state index >= 15 is 0 Å². The fourth-order valence-electron chi connectivity index (χ4n) is 6.73. The van der Waals surface area contributed by atoms with Crippen molar-refractivity contribution in [3.05, 3.63) is 71.8 Å². The molecule has 3 aliphatic heterocycles. The number of alkyl halides is 2. The predicted molar refractivity (Wildman–Crippen MR) is 235 cm³/mol. The quantitative estimate of drug-likeness (QED) is 0.0732. The summed E-state index contributed by atoms with van der Waals surface area (Å²) in [5.41, 5.74) is 0.538. The Labute approximate surface area is 379 Å². The van der Waals surface area contributed by atoms with Crippen LogP contribution in [0, 0.1) is 0 Å². The van der Waals surface area contributed by atoms with Gasteiger partial charge in [0.15, 0.2) is 33.3 Å². The number of benzene rings is 2. The zero-order valence-corrected chi connectivity index (χ0v) is 40.3. The first kappa shape index (κ1) is 48.7. The summed E-state index contributed by atoms with van der Waals surface area (Å²) in [4.78, 5) is 51.4.